The van der Waals surface area contributed by atoms with E-state index in [2.05, 4.69) is 5.10 Å². The summed E-state index contributed by atoms with van der Waals surface area (Å²) in [5.41, 5.74) is 1.87. The predicted molar refractivity (Wildman–Crippen MR) is 105 cm³/mol. The number of thioether (sulfide) groups is 1. The molecular weight excluding hydrogens is 386 g/mol. The minimum Gasteiger partial charge on any atom is -0.273 e. The largest absolute Gasteiger partial charge is 0.273 e. The van der Waals surface area contributed by atoms with Gasteiger partial charge in [-0.1, -0.05) is 53.4 Å². The van der Waals surface area contributed by atoms with Gasteiger partial charge in [-0.3, -0.25) is 14.5 Å². The maximum atomic E-state index is 12.4. The summed E-state index contributed by atoms with van der Waals surface area (Å²) < 4.78 is 3.21. The average Bonchev–Trinajstić information content (AvgIpc) is 3.15. The second-order valence-electron chi connectivity index (χ2n) is 5.54. The Morgan fingerprint density at radius 1 is 0.962 bits per heavy atom. The Balaban J connectivity index is 1.43. The van der Waals surface area contributed by atoms with Gasteiger partial charge in [-0.05, 0) is 36.5 Å². The minimum absolute atomic E-state index is 0.228. The van der Waals surface area contributed by atoms with E-state index in [1.807, 2.05) is 30.3 Å². The monoisotopic (exact) mass is 399 g/mol. The molecule has 3 aromatic rings. The average molecular weight is 400 g/mol. The Labute approximate surface area is 163 Å². The number of fused-ring (bicyclic) bond motifs is 1. The molecule has 0 aliphatic carbocycles. The van der Waals surface area contributed by atoms with Crippen LogP contribution < -0.4 is 0 Å². The number of hydrogen-bond acceptors (Lipinski definition) is 6. The molecule has 0 unspecified atom stereocenters. The fourth-order valence-corrected chi connectivity index (χ4v) is 5.07. The molecule has 0 saturated heterocycles. The van der Waals surface area contributed by atoms with Crippen molar-refractivity contribution in [1.82, 2.24) is 14.7 Å². The van der Waals surface area contributed by atoms with Crippen molar-refractivity contribution in [2.45, 2.75) is 4.34 Å². The Kier molecular flexibility index (Phi) is 4.71. The Morgan fingerprint density at radius 2 is 1.58 bits per heavy atom. The predicted octanol–water partition coefficient (Wildman–Crippen LogP) is 4.05. The summed E-state index contributed by atoms with van der Waals surface area (Å²) in [5.74, 6) is 0.116. The summed E-state index contributed by atoms with van der Waals surface area (Å²) >= 11 is 8.30. The summed E-state index contributed by atoms with van der Waals surface area (Å²) in [4.78, 5) is 26.0. The molecule has 0 radical (unpaired) electrons. The van der Waals surface area contributed by atoms with E-state index in [0.717, 1.165) is 10.0 Å². The first-order chi connectivity index (χ1) is 12.6. The van der Waals surface area contributed by atoms with Crippen molar-refractivity contribution in [1.29, 1.82) is 0 Å². The van der Waals surface area contributed by atoms with Crippen molar-refractivity contribution >= 4 is 47.1 Å². The molecule has 0 bridgehead atoms. The number of nitrogens with zero attached hydrogens (tertiary/aromatic N) is 3. The molecule has 1 aliphatic rings. The van der Waals surface area contributed by atoms with Gasteiger partial charge in [0.2, 0.25) is 0 Å². The summed E-state index contributed by atoms with van der Waals surface area (Å²) in [7, 11) is 0. The fraction of sp³-hybridized carbons (Fsp3) is 0.111. The van der Waals surface area contributed by atoms with Gasteiger partial charge >= 0.3 is 0 Å². The van der Waals surface area contributed by atoms with Crippen LogP contribution in [-0.2, 0) is 0 Å². The topological polar surface area (TPSA) is 55.2 Å². The van der Waals surface area contributed by atoms with E-state index in [-0.39, 0.29) is 11.8 Å². The molecule has 2 amide bonds. The summed E-state index contributed by atoms with van der Waals surface area (Å²) in [6, 6.07) is 16.6. The highest BCUT2D eigenvalue weighted by atomic mass is 32.2. The Bertz CT molecular complexity index is 1010. The number of benzene rings is 2. The number of imide groups is 1. The third kappa shape index (κ3) is 3.11. The van der Waals surface area contributed by atoms with Crippen molar-refractivity contribution in [2.24, 2.45) is 0 Å². The van der Waals surface area contributed by atoms with E-state index >= 15 is 0 Å². The number of aromatic nitrogens is 2. The Morgan fingerprint density at radius 3 is 2.23 bits per heavy atom. The lowest BCUT2D eigenvalue weighted by Crippen LogP contribution is -2.31. The first-order valence-corrected chi connectivity index (χ1v) is 10.1. The SMILES string of the molecule is O=C1c2ccccc2C(=O)N1CCSc1nn(-c2ccccc2)c(=S)s1. The second kappa shape index (κ2) is 7.14. The van der Waals surface area contributed by atoms with Crippen LogP contribution in [0.4, 0.5) is 0 Å². The number of hydrogen-bond donors (Lipinski definition) is 0. The molecule has 0 atom stereocenters. The standard InChI is InChI=1S/C18H13N3O2S3/c22-15-13-8-4-5-9-14(13)16(23)20(15)10-11-25-17-19-21(18(24)26-17)12-6-2-1-3-7-12/h1-9H,10-11H2. The highest BCUT2D eigenvalue weighted by Gasteiger charge is 2.34. The van der Waals surface area contributed by atoms with Crippen molar-refractivity contribution < 1.29 is 9.59 Å². The lowest BCUT2D eigenvalue weighted by atomic mass is 10.1. The highest BCUT2D eigenvalue weighted by molar-refractivity contribution is 8.01. The van der Waals surface area contributed by atoms with Crippen LogP contribution in [0, 0.1) is 3.95 Å². The molecule has 8 heteroatoms. The van der Waals surface area contributed by atoms with Crippen molar-refractivity contribution in [3.05, 3.63) is 69.7 Å². The van der Waals surface area contributed by atoms with Crippen molar-refractivity contribution in [3.8, 4) is 5.69 Å². The van der Waals surface area contributed by atoms with Gasteiger partial charge in [-0.2, -0.15) is 0 Å². The van der Waals surface area contributed by atoms with Gasteiger partial charge in [0.25, 0.3) is 11.8 Å². The van der Waals surface area contributed by atoms with E-state index < -0.39 is 0 Å². The second-order valence-corrected chi connectivity index (χ2v) is 8.50. The third-order valence-electron chi connectivity index (χ3n) is 3.95. The van der Waals surface area contributed by atoms with E-state index in [4.69, 9.17) is 12.2 Å². The number of para-hydroxylation sites is 1. The number of carbonyl (C=O) groups is 2. The smallest absolute Gasteiger partial charge is 0.261 e. The zero-order valence-electron chi connectivity index (χ0n) is 13.5. The van der Waals surface area contributed by atoms with Gasteiger partial charge in [0.05, 0.1) is 16.8 Å². The number of rotatable bonds is 5. The normalized spacial score (nSPS) is 13.3. The fourth-order valence-electron chi connectivity index (χ4n) is 2.72. The first-order valence-electron chi connectivity index (χ1n) is 7.89. The van der Waals surface area contributed by atoms with Crippen LogP contribution in [0.1, 0.15) is 20.7 Å². The summed E-state index contributed by atoms with van der Waals surface area (Å²) in [6.45, 7) is 0.342. The number of amides is 2. The molecule has 5 nitrogen and oxygen atoms in total. The van der Waals surface area contributed by atoms with E-state index in [0.29, 0.717) is 27.4 Å². The third-order valence-corrected chi connectivity index (χ3v) is 6.29. The van der Waals surface area contributed by atoms with Gasteiger partial charge in [0, 0.05) is 12.3 Å². The van der Waals surface area contributed by atoms with Crippen LogP contribution in [0.15, 0.2) is 58.9 Å². The van der Waals surface area contributed by atoms with E-state index in [1.54, 1.807) is 28.9 Å². The molecule has 1 aromatic heterocycles. The highest BCUT2D eigenvalue weighted by Crippen LogP contribution is 2.26. The molecule has 0 spiro atoms. The molecule has 2 heterocycles. The maximum absolute atomic E-state index is 12.4. The molecule has 4 rings (SSSR count). The zero-order chi connectivity index (χ0) is 18.1. The Hall–Kier alpha value is -2.29. The molecule has 2 aromatic carbocycles. The van der Waals surface area contributed by atoms with Gasteiger partial charge in [0.1, 0.15) is 0 Å². The quantitative estimate of drug-likeness (QED) is 0.368. The number of carbonyl (C=O) groups excluding carboxylic acids is 2. The van der Waals surface area contributed by atoms with Crippen LogP contribution in [0.25, 0.3) is 5.69 Å². The molecule has 0 N–H and O–H groups in total. The minimum atomic E-state index is -0.228. The molecule has 0 saturated carbocycles. The molecular formula is C18H13N3O2S3. The first kappa shape index (κ1) is 17.1. The lowest BCUT2D eigenvalue weighted by molar-refractivity contribution is 0.0664. The van der Waals surface area contributed by atoms with E-state index in [9.17, 15) is 9.59 Å². The van der Waals surface area contributed by atoms with Crippen molar-refractivity contribution in [3.63, 3.8) is 0 Å². The van der Waals surface area contributed by atoms with E-state index in [1.165, 1.54) is 28.0 Å². The molecule has 130 valence electrons. The van der Waals surface area contributed by atoms with Gasteiger partial charge in [0.15, 0.2) is 8.29 Å². The molecule has 26 heavy (non-hydrogen) atoms. The van der Waals surface area contributed by atoms with Gasteiger partial charge in [-0.15, -0.1) is 5.10 Å². The van der Waals surface area contributed by atoms with Crippen LogP contribution in [-0.4, -0.2) is 38.8 Å². The van der Waals surface area contributed by atoms with Crippen LogP contribution >= 0.6 is 35.3 Å². The molecule has 0 fully saturated rings. The maximum Gasteiger partial charge on any atom is 0.261 e. The van der Waals surface area contributed by atoms with Gasteiger partial charge < -0.3 is 0 Å². The van der Waals surface area contributed by atoms with Gasteiger partial charge in [-0.25, -0.2) is 4.68 Å². The zero-order valence-corrected chi connectivity index (χ0v) is 15.9. The lowest BCUT2D eigenvalue weighted by Gasteiger charge is -2.12. The molecule has 1 aliphatic heterocycles. The van der Waals surface area contributed by atoms with Crippen LogP contribution in [0.2, 0.25) is 0 Å². The van der Waals surface area contributed by atoms with Crippen LogP contribution in [0.3, 0.4) is 0 Å². The van der Waals surface area contributed by atoms with Crippen molar-refractivity contribution in [2.75, 3.05) is 12.3 Å². The summed E-state index contributed by atoms with van der Waals surface area (Å²) in [5, 5.41) is 4.53. The van der Waals surface area contributed by atoms with Crippen LogP contribution in [0.5, 0.6) is 0 Å². The summed E-state index contributed by atoms with van der Waals surface area (Å²) in [6.07, 6.45) is 0.